The maximum Gasteiger partial charge on any atom is 0.230 e. The van der Waals surface area contributed by atoms with Gasteiger partial charge in [0.25, 0.3) is 0 Å². The van der Waals surface area contributed by atoms with Crippen LogP contribution in [-0.2, 0) is 10.5 Å². The van der Waals surface area contributed by atoms with E-state index in [1.54, 1.807) is 35.1 Å². The topological polar surface area (TPSA) is 72.6 Å². The fourth-order valence-electron chi connectivity index (χ4n) is 3.27. The van der Waals surface area contributed by atoms with E-state index in [4.69, 9.17) is 9.72 Å². The molecule has 5 aromatic rings. The Bertz CT molecular complexity index is 1390. The van der Waals surface area contributed by atoms with Gasteiger partial charge in [-0.1, -0.05) is 47.4 Å². The van der Waals surface area contributed by atoms with Crippen LogP contribution >= 0.6 is 34.4 Å². The van der Waals surface area contributed by atoms with Gasteiger partial charge in [0.15, 0.2) is 10.3 Å². The molecular weight excluding hydrogens is 450 g/mol. The van der Waals surface area contributed by atoms with Crippen molar-refractivity contribution in [3.63, 3.8) is 0 Å². The lowest BCUT2D eigenvalue weighted by atomic mass is 10.2. The van der Waals surface area contributed by atoms with Crippen molar-refractivity contribution < 1.29 is 9.53 Å². The van der Waals surface area contributed by atoms with Crippen molar-refractivity contribution in [3.8, 4) is 5.75 Å². The van der Waals surface area contributed by atoms with Crippen molar-refractivity contribution in [3.05, 3.63) is 59.6 Å². The second-order valence-corrected chi connectivity index (χ2v) is 9.39. The molecular formula is C21H17N5O2S3. The normalized spacial score (nSPS) is 11.3. The van der Waals surface area contributed by atoms with Crippen LogP contribution in [0.4, 0.5) is 10.8 Å². The molecule has 0 spiro atoms. The Morgan fingerprint density at radius 3 is 2.81 bits per heavy atom. The van der Waals surface area contributed by atoms with E-state index >= 15 is 0 Å². The molecule has 0 unspecified atom stereocenters. The van der Waals surface area contributed by atoms with Gasteiger partial charge in [0.2, 0.25) is 10.9 Å². The van der Waals surface area contributed by atoms with Gasteiger partial charge < -0.3 is 4.74 Å². The molecule has 2 aromatic carbocycles. The van der Waals surface area contributed by atoms with Gasteiger partial charge in [-0.25, -0.2) is 4.98 Å². The van der Waals surface area contributed by atoms with Gasteiger partial charge in [0.05, 0.1) is 28.7 Å². The molecule has 0 fully saturated rings. The predicted octanol–water partition coefficient (Wildman–Crippen LogP) is 5.39. The summed E-state index contributed by atoms with van der Waals surface area (Å²) in [5, 5.41) is 12.1. The predicted molar refractivity (Wildman–Crippen MR) is 126 cm³/mol. The molecule has 31 heavy (non-hydrogen) atoms. The minimum atomic E-state index is -0.123. The molecule has 156 valence electrons. The number of nitrogens with zero attached hydrogens (tertiary/aromatic N) is 5. The van der Waals surface area contributed by atoms with Crippen molar-refractivity contribution in [1.82, 2.24) is 19.6 Å². The maximum atomic E-state index is 12.4. The Morgan fingerprint density at radius 1 is 1.16 bits per heavy atom. The number of ether oxygens (including phenoxy) is 1. The Hall–Kier alpha value is -2.95. The molecule has 7 nitrogen and oxygen atoms in total. The lowest BCUT2D eigenvalue weighted by molar-refractivity contribution is -0.115. The quantitative estimate of drug-likeness (QED) is 0.312. The fourth-order valence-corrected chi connectivity index (χ4v) is 6.12. The number of anilines is 2. The number of aromatic nitrogens is 4. The van der Waals surface area contributed by atoms with E-state index in [0.29, 0.717) is 22.3 Å². The Labute approximate surface area is 190 Å². The van der Waals surface area contributed by atoms with Crippen molar-refractivity contribution >= 4 is 66.3 Å². The highest BCUT2D eigenvalue weighted by Crippen LogP contribution is 2.36. The minimum Gasteiger partial charge on any atom is -0.495 e. The first-order chi connectivity index (χ1) is 15.2. The van der Waals surface area contributed by atoms with E-state index < -0.39 is 0 Å². The van der Waals surface area contributed by atoms with Gasteiger partial charge in [-0.2, -0.15) is 0 Å². The monoisotopic (exact) mass is 467 g/mol. The minimum absolute atomic E-state index is 0.123. The van der Waals surface area contributed by atoms with Crippen LogP contribution in [0.1, 0.15) is 12.6 Å². The first-order valence-corrected chi connectivity index (χ1v) is 12.1. The van der Waals surface area contributed by atoms with Crippen LogP contribution in [0.3, 0.4) is 0 Å². The molecule has 0 atom stereocenters. The summed E-state index contributed by atoms with van der Waals surface area (Å²) >= 11 is 4.63. The molecule has 3 aromatic heterocycles. The van der Waals surface area contributed by atoms with Crippen LogP contribution in [0.5, 0.6) is 5.75 Å². The van der Waals surface area contributed by atoms with Crippen molar-refractivity contribution in [2.45, 2.75) is 17.8 Å². The SMILES string of the molecule is COc1ccccc1N(C(C)=O)c1nc(CSc2nnc3sc4ccccc4n23)cs1. The van der Waals surface area contributed by atoms with E-state index in [-0.39, 0.29) is 5.91 Å². The molecule has 10 heteroatoms. The number of thioether (sulfide) groups is 1. The molecule has 0 aliphatic carbocycles. The van der Waals surface area contributed by atoms with E-state index in [1.165, 1.54) is 23.0 Å². The summed E-state index contributed by atoms with van der Waals surface area (Å²) in [5.74, 6) is 1.13. The second-order valence-electron chi connectivity index (χ2n) is 6.61. The van der Waals surface area contributed by atoms with Gasteiger partial charge in [-0.05, 0) is 24.3 Å². The number of amides is 1. The zero-order valence-electron chi connectivity index (χ0n) is 16.7. The maximum absolute atomic E-state index is 12.4. The fraction of sp³-hybridized carbons (Fsp3) is 0.143. The van der Waals surface area contributed by atoms with Gasteiger partial charge in [-0.15, -0.1) is 21.5 Å². The lowest BCUT2D eigenvalue weighted by Gasteiger charge is -2.20. The van der Waals surface area contributed by atoms with E-state index in [0.717, 1.165) is 21.3 Å². The van der Waals surface area contributed by atoms with Gasteiger partial charge in [-0.3, -0.25) is 14.1 Å². The van der Waals surface area contributed by atoms with E-state index in [2.05, 4.69) is 26.7 Å². The number of rotatable bonds is 6. The number of carbonyl (C=O) groups is 1. The highest BCUT2D eigenvalue weighted by atomic mass is 32.2. The Balaban J connectivity index is 1.41. The summed E-state index contributed by atoms with van der Waals surface area (Å²) in [4.78, 5) is 19.6. The highest BCUT2D eigenvalue weighted by molar-refractivity contribution is 7.98. The molecule has 0 radical (unpaired) electrons. The third kappa shape index (κ3) is 3.67. The zero-order chi connectivity index (χ0) is 21.4. The molecule has 0 N–H and O–H groups in total. The third-order valence-corrected chi connectivity index (χ3v) is 7.48. The first-order valence-electron chi connectivity index (χ1n) is 9.39. The number of methoxy groups -OCH3 is 1. The number of hydrogen-bond donors (Lipinski definition) is 0. The molecule has 3 heterocycles. The van der Waals surface area contributed by atoms with Gasteiger partial charge in [0.1, 0.15) is 5.75 Å². The van der Waals surface area contributed by atoms with Gasteiger partial charge >= 0.3 is 0 Å². The van der Waals surface area contributed by atoms with Crippen LogP contribution in [-0.4, -0.2) is 32.6 Å². The third-order valence-electron chi connectivity index (χ3n) is 4.63. The summed E-state index contributed by atoms with van der Waals surface area (Å²) in [6.07, 6.45) is 0. The molecule has 0 saturated carbocycles. The van der Waals surface area contributed by atoms with Crippen LogP contribution in [0.15, 0.2) is 59.1 Å². The molecule has 1 amide bonds. The molecule has 5 rings (SSSR count). The smallest absolute Gasteiger partial charge is 0.230 e. The van der Waals surface area contributed by atoms with Crippen molar-refractivity contribution in [2.75, 3.05) is 12.0 Å². The number of benzene rings is 2. The second kappa shape index (κ2) is 8.29. The lowest BCUT2D eigenvalue weighted by Crippen LogP contribution is -2.23. The highest BCUT2D eigenvalue weighted by Gasteiger charge is 2.21. The van der Waals surface area contributed by atoms with Crippen molar-refractivity contribution in [2.24, 2.45) is 0 Å². The standard InChI is InChI=1S/C21H17N5O2S3/c1-13(27)25(15-7-3-5-9-17(15)28-2)19-22-14(11-29-19)12-30-20-23-24-21-26(20)16-8-4-6-10-18(16)31-21/h3-11H,12H2,1-2H3. The summed E-state index contributed by atoms with van der Waals surface area (Å²) in [5.41, 5.74) is 2.66. The number of para-hydroxylation sites is 3. The summed E-state index contributed by atoms with van der Waals surface area (Å²) < 4.78 is 8.69. The number of hydrogen-bond acceptors (Lipinski definition) is 8. The average molecular weight is 468 g/mol. The number of carbonyl (C=O) groups excluding carboxylic acids is 1. The number of fused-ring (bicyclic) bond motifs is 3. The summed E-state index contributed by atoms with van der Waals surface area (Å²) in [6.45, 7) is 1.52. The molecule has 0 bridgehead atoms. The zero-order valence-corrected chi connectivity index (χ0v) is 19.1. The van der Waals surface area contributed by atoms with Gasteiger partial charge in [0, 0.05) is 18.1 Å². The van der Waals surface area contributed by atoms with Crippen LogP contribution in [0, 0.1) is 0 Å². The Kier molecular flexibility index (Phi) is 5.34. The van der Waals surface area contributed by atoms with Crippen LogP contribution < -0.4 is 9.64 Å². The number of thiazole rings is 2. The van der Waals surface area contributed by atoms with Crippen LogP contribution in [0.2, 0.25) is 0 Å². The molecule has 0 saturated heterocycles. The van der Waals surface area contributed by atoms with Crippen molar-refractivity contribution in [1.29, 1.82) is 0 Å². The summed E-state index contributed by atoms with van der Waals surface area (Å²) in [7, 11) is 1.59. The average Bonchev–Trinajstić information content (AvgIpc) is 3.48. The van der Waals surface area contributed by atoms with E-state index in [1.807, 2.05) is 41.8 Å². The Morgan fingerprint density at radius 2 is 1.97 bits per heavy atom. The van der Waals surface area contributed by atoms with Crippen LogP contribution in [0.25, 0.3) is 15.2 Å². The molecule has 0 aliphatic heterocycles. The van der Waals surface area contributed by atoms with E-state index in [9.17, 15) is 4.79 Å². The summed E-state index contributed by atoms with van der Waals surface area (Å²) in [6, 6.07) is 15.6. The molecule has 0 aliphatic rings. The largest absolute Gasteiger partial charge is 0.495 e. The first kappa shape index (κ1) is 20.0.